The van der Waals surface area contributed by atoms with Gasteiger partial charge in [0.25, 0.3) is 5.91 Å². The fourth-order valence-electron chi connectivity index (χ4n) is 4.45. The quantitative estimate of drug-likeness (QED) is 0.388. The number of rotatable bonds is 7. The number of aliphatic hydroxyl groups is 1. The molecule has 0 saturated heterocycles. The van der Waals surface area contributed by atoms with E-state index in [-0.39, 0.29) is 23.4 Å². The molecule has 1 fully saturated rings. The maximum Gasteiger partial charge on any atom is 0.254 e. The lowest BCUT2D eigenvalue weighted by Crippen LogP contribution is -2.35. The SMILES string of the molecule is CNC[C@@H](NC(=O)c1ccc(-c2nc([C@H]3CC[C@H](O)CC3)cnc2N)cc1F)c1cccc(Cl)c1. The van der Waals surface area contributed by atoms with Crippen LogP contribution in [-0.2, 0) is 0 Å². The third-order valence-corrected chi connectivity index (χ3v) is 6.62. The van der Waals surface area contributed by atoms with E-state index in [2.05, 4.69) is 20.6 Å². The predicted molar refractivity (Wildman–Crippen MR) is 135 cm³/mol. The van der Waals surface area contributed by atoms with Gasteiger partial charge in [0.15, 0.2) is 0 Å². The van der Waals surface area contributed by atoms with E-state index in [1.54, 1.807) is 37.5 Å². The van der Waals surface area contributed by atoms with Crippen LogP contribution in [0.2, 0.25) is 5.02 Å². The van der Waals surface area contributed by atoms with E-state index >= 15 is 4.39 Å². The fraction of sp³-hybridized carbons (Fsp3) is 0.346. The Hall–Kier alpha value is -3.07. The molecular weight excluding hydrogens is 469 g/mol. The minimum absolute atomic E-state index is 0.0826. The van der Waals surface area contributed by atoms with Crippen LogP contribution >= 0.6 is 11.6 Å². The van der Waals surface area contributed by atoms with Gasteiger partial charge < -0.3 is 21.5 Å². The van der Waals surface area contributed by atoms with Gasteiger partial charge in [0.1, 0.15) is 17.3 Å². The first kappa shape index (κ1) is 25.0. The van der Waals surface area contributed by atoms with Crippen LogP contribution in [0.1, 0.15) is 59.3 Å². The molecule has 1 aliphatic carbocycles. The minimum Gasteiger partial charge on any atom is -0.393 e. The number of nitrogens with one attached hydrogen (secondary N) is 2. The average molecular weight is 498 g/mol. The van der Waals surface area contributed by atoms with Crippen molar-refractivity contribution in [3.8, 4) is 11.3 Å². The van der Waals surface area contributed by atoms with Crippen molar-refractivity contribution in [3.63, 3.8) is 0 Å². The molecule has 0 aliphatic heterocycles. The van der Waals surface area contributed by atoms with Gasteiger partial charge in [-0.15, -0.1) is 0 Å². The van der Waals surface area contributed by atoms with Crippen molar-refractivity contribution < 1.29 is 14.3 Å². The summed E-state index contributed by atoms with van der Waals surface area (Å²) < 4.78 is 15.1. The molecule has 0 spiro atoms. The average Bonchev–Trinajstić information content (AvgIpc) is 2.84. The van der Waals surface area contributed by atoms with Crippen LogP contribution in [0.25, 0.3) is 11.3 Å². The number of halogens is 2. The van der Waals surface area contributed by atoms with Gasteiger partial charge in [-0.05, 0) is 62.6 Å². The van der Waals surface area contributed by atoms with Crippen molar-refractivity contribution in [2.24, 2.45) is 0 Å². The zero-order valence-corrected chi connectivity index (χ0v) is 20.2. The Kier molecular flexibility index (Phi) is 7.95. The number of likely N-dealkylation sites (N-methyl/N-ethyl adjacent to an activating group) is 1. The molecule has 35 heavy (non-hydrogen) atoms. The molecule has 1 atom stereocenters. The molecule has 2 aromatic carbocycles. The van der Waals surface area contributed by atoms with E-state index in [1.807, 2.05) is 6.07 Å². The summed E-state index contributed by atoms with van der Waals surface area (Å²) in [7, 11) is 1.77. The number of hydrogen-bond donors (Lipinski definition) is 4. The molecule has 5 N–H and O–H groups in total. The van der Waals surface area contributed by atoms with Crippen molar-refractivity contribution in [3.05, 3.63) is 76.3 Å². The third kappa shape index (κ3) is 5.96. The van der Waals surface area contributed by atoms with Gasteiger partial charge in [-0.2, -0.15) is 0 Å². The zero-order valence-electron chi connectivity index (χ0n) is 19.5. The summed E-state index contributed by atoms with van der Waals surface area (Å²) in [6.45, 7) is 0.447. The number of anilines is 1. The summed E-state index contributed by atoms with van der Waals surface area (Å²) in [5.74, 6) is -0.850. The van der Waals surface area contributed by atoms with E-state index in [0.717, 1.165) is 24.1 Å². The van der Waals surface area contributed by atoms with Crippen LogP contribution in [0.4, 0.5) is 10.2 Å². The van der Waals surface area contributed by atoms with Crippen molar-refractivity contribution >= 4 is 23.3 Å². The molecule has 1 saturated carbocycles. The minimum atomic E-state index is -0.679. The van der Waals surface area contributed by atoms with Gasteiger partial charge in [0.05, 0.1) is 29.6 Å². The van der Waals surface area contributed by atoms with Crippen LogP contribution < -0.4 is 16.4 Å². The van der Waals surface area contributed by atoms with Crippen molar-refractivity contribution in [1.29, 1.82) is 0 Å². The van der Waals surface area contributed by atoms with Gasteiger partial charge >= 0.3 is 0 Å². The molecule has 1 aromatic heterocycles. The van der Waals surface area contributed by atoms with E-state index < -0.39 is 17.8 Å². The number of nitrogens with zero attached hydrogens (tertiary/aromatic N) is 2. The Morgan fingerprint density at radius 1 is 1.23 bits per heavy atom. The number of nitrogen functional groups attached to an aromatic ring is 1. The normalized spacial score (nSPS) is 18.7. The Morgan fingerprint density at radius 2 is 2.00 bits per heavy atom. The van der Waals surface area contributed by atoms with E-state index in [1.165, 1.54) is 12.1 Å². The Labute approximate surface area is 208 Å². The van der Waals surface area contributed by atoms with Crippen molar-refractivity contribution in [1.82, 2.24) is 20.6 Å². The van der Waals surface area contributed by atoms with E-state index in [0.29, 0.717) is 35.7 Å². The largest absolute Gasteiger partial charge is 0.393 e. The van der Waals surface area contributed by atoms with Gasteiger partial charge in [-0.25, -0.2) is 14.4 Å². The molecule has 1 heterocycles. The first-order valence-electron chi connectivity index (χ1n) is 11.7. The summed E-state index contributed by atoms with van der Waals surface area (Å²) in [4.78, 5) is 21.9. The highest BCUT2D eigenvalue weighted by Crippen LogP contribution is 2.34. The molecule has 0 radical (unpaired) electrons. The molecule has 0 unspecified atom stereocenters. The second-order valence-electron chi connectivity index (χ2n) is 8.87. The van der Waals surface area contributed by atoms with Gasteiger partial charge in [-0.3, -0.25) is 4.79 Å². The molecule has 3 aromatic rings. The van der Waals surface area contributed by atoms with Crippen molar-refractivity contribution in [2.75, 3.05) is 19.3 Å². The number of benzene rings is 2. The number of aromatic nitrogens is 2. The fourth-order valence-corrected chi connectivity index (χ4v) is 4.65. The van der Waals surface area contributed by atoms with Gasteiger partial charge in [-0.1, -0.05) is 29.8 Å². The number of carbonyl (C=O) groups excluding carboxylic acids is 1. The number of nitrogens with two attached hydrogens (primary N) is 1. The summed E-state index contributed by atoms with van der Waals surface area (Å²) in [6.07, 6.45) is 4.44. The van der Waals surface area contributed by atoms with Crippen LogP contribution in [0.5, 0.6) is 0 Å². The summed E-state index contributed by atoms with van der Waals surface area (Å²) in [5.41, 5.74) is 8.40. The van der Waals surface area contributed by atoms with Crippen molar-refractivity contribution in [2.45, 2.75) is 43.7 Å². The summed E-state index contributed by atoms with van der Waals surface area (Å²) in [5, 5.41) is 16.2. The first-order valence-corrected chi connectivity index (χ1v) is 12.0. The molecule has 0 bridgehead atoms. The number of hydrogen-bond acceptors (Lipinski definition) is 6. The molecule has 9 heteroatoms. The van der Waals surface area contributed by atoms with Crippen LogP contribution in [-0.4, -0.2) is 40.7 Å². The summed E-state index contributed by atoms with van der Waals surface area (Å²) >= 11 is 6.10. The van der Waals surface area contributed by atoms with Crippen LogP contribution in [0.15, 0.2) is 48.7 Å². The maximum atomic E-state index is 15.1. The first-order chi connectivity index (χ1) is 16.9. The van der Waals surface area contributed by atoms with E-state index in [4.69, 9.17) is 17.3 Å². The smallest absolute Gasteiger partial charge is 0.254 e. The highest BCUT2D eigenvalue weighted by molar-refractivity contribution is 6.30. The lowest BCUT2D eigenvalue weighted by atomic mass is 9.85. The molecule has 4 rings (SSSR count). The Bertz CT molecular complexity index is 1200. The molecular formula is C26H29ClFN5O2. The second-order valence-corrected chi connectivity index (χ2v) is 9.30. The summed E-state index contributed by atoms with van der Waals surface area (Å²) in [6, 6.07) is 11.1. The standard InChI is InChI=1S/C26H29ClFN5O2/c1-30-13-22(16-3-2-4-18(27)11-16)33-26(35)20-10-7-17(12-21(20)28)24-25(29)31-14-23(32-24)15-5-8-19(34)9-6-15/h2-4,7,10-12,14-15,19,22,30,34H,5-6,8-9,13H2,1H3,(H2,29,31)(H,33,35)/t15-,19-,22-/m1/s1. The lowest BCUT2D eigenvalue weighted by molar-refractivity contribution is 0.0932. The Morgan fingerprint density at radius 3 is 2.69 bits per heavy atom. The number of carbonyl (C=O) groups is 1. The third-order valence-electron chi connectivity index (χ3n) is 6.39. The van der Waals surface area contributed by atoms with Gasteiger partial charge in [0, 0.05) is 23.0 Å². The number of aliphatic hydroxyl groups excluding tert-OH is 1. The number of amides is 1. The molecule has 1 amide bonds. The molecule has 7 nitrogen and oxygen atoms in total. The maximum absolute atomic E-state index is 15.1. The second kappa shape index (κ2) is 11.1. The van der Waals surface area contributed by atoms with Gasteiger partial charge in [0.2, 0.25) is 0 Å². The van der Waals surface area contributed by atoms with Crippen LogP contribution in [0.3, 0.4) is 0 Å². The predicted octanol–water partition coefficient (Wildman–Crippen LogP) is 4.23. The Balaban J connectivity index is 1.55. The van der Waals surface area contributed by atoms with E-state index in [9.17, 15) is 9.90 Å². The highest BCUT2D eigenvalue weighted by atomic mass is 35.5. The zero-order chi connectivity index (χ0) is 24.9. The monoisotopic (exact) mass is 497 g/mol. The van der Waals surface area contributed by atoms with Crippen LogP contribution in [0, 0.1) is 5.82 Å². The topological polar surface area (TPSA) is 113 Å². The molecule has 184 valence electrons. The molecule has 1 aliphatic rings. The lowest BCUT2D eigenvalue weighted by Gasteiger charge is -2.25. The highest BCUT2D eigenvalue weighted by Gasteiger charge is 2.24.